The molecule has 116 valence electrons. The van der Waals surface area contributed by atoms with E-state index in [0.29, 0.717) is 6.04 Å². The van der Waals surface area contributed by atoms with Gasteiger partial charge in [-0.1, -0.05) is 35.9 Å². The zero-order valence-corrected chi connectivity index (χ0v) is 14.5. The highest BCUT2D eigenvalue weighted by atomic mass is 35.5. The molecule has 0 bridgehead atoms. The second kappa shape index (κ2) is 6.44. The summed E-state index contributed by atoms with van der Waals surface area (Å²) in [5, 5.41) is 0.815. The van der Waals surface area contributed by atoms with Gasteiger partial charge < -0.3 is 0 Å². The molecule has 1 nitrogen and oxygen atoms in total. The molecular formula is C20H24ClN. The Labute approximate surface area is 138 Å². The fourth-order valence-electron chi connectivity index (χ4n) is 3.45. The highest BCUT2D eigenvalue weighted by Crippen LogP contribution is 2.33. The minimum atomic E-state index is 0.527. The van der Waals surface area contributed by atoms with Crippen LogP contribution in [-0.2, 0) is 12.8 Å². The summed E-state index contributed by atoms with van der Waals surface area (Å²) in [5.41, 5.74) is 7.27. The lowest BCUT2D eigenvalue weighted by atomic mass is 9.87. The van der Waals surface area contributed by atoms with Gasteiger partial charge in [-0.25, -0.2) is 0 Å². The number of halogens is 1. The summed E-state index contributed by atoms with van der Waals surface area (Å²) in [6.45, 7) is 5.60. The third-order valence-electron chi connectivity index (χ3n) is 5.00. The highest BCUT2D eigenvalue weighted by Gasteiger charge is 2.24. The molecule has 0 N–H and O–H groups in total. The Bertz CT molecular complexity index is 660. The molecule has 3 rings (SSSR count). The van der Waals surface area contributed by atoms with Crippen molar-refractivity contribution in [2.45, 2.75) is 39.2 Å². The van der Waals surface area contributed by atoms with Gasteiger partial charge >= 0.3 is 0 Å². The third kappa shape index (κ3) is 3.21. The van der Waals surface area contributed by atoms with Gasteiger partial charge in [0.25, 0.3) is 0 Å². The van der Waals surface area contributed by atoms with Crippen LogP contribution in [0.25, 0.3) is 0 Å². The van der Waals surface area contributed by atoms with Gasteiger partial charge in [-0.2, -0.15) is 0 Å². The number of nitrogens with zero attached hydrogens (tertiary/aromatic N) is 1. The summed E-state index contributed by atoms with van der Waals surface area (Å²) in [6.07, 6.45) is 3.43. The Morgan fingerprint density at radius 3 is 2.50 bits per heavy atom. The van der Waals surface area contributed by atoms with Crippen LogP contribution < -0.4 is 0 Å². The Hall–Kier alpha value is -1.31. The number of hydrogen-bond donors (Lipinski definition) is 0. The van der Waals surface area contributed by atoms with Gasteiger partial charge in [-0.15, -0.1) is 0 Å². The molecule has 0 aromatic heterocycles. The number of rotatable bonds is 3. The zero-order chi connectivity index (χ0) is 15.7. The molecule has 1 aliphatic heterocycles. The van der Waals surface area contributed by atoms with Crippen LogP contribution >= 0.6 is 11.6 Å². The number of fused-ring (bicyclic) bond motifs is 1. The van der Waals surface area contributed by atoms with Crippen molar-refractivity contribution in [3.05, 3.63) is 69.2 Å². The molecule has 1 heterocycles. The molecule has 1 unspecified atom stereocenters. The van der Waals surface area contributed by atoms with E-state index in [9.17, 15) is 0 Å². The van der Waals surface area contributed by atoms with E-state index in [0.717, 1.165) is 24.4 Å². The molecule has 1 aliphatic rings. The van der Waals surface area contributed by atoms with Crippen LogP contribution in [0.2, 0.25) is 5.02 Å². The second-order valence-electron chi connectivity index (χ2n) is 6.55. The summed E-state index contributed by atoms with van der Waals surface area (Å²) in [7, 11) is 2.25. The predicted octanol–water partition coefficient (Wildman–Crippen LogP) is 5.12. The molecular weight excluding hydrogens is 290 g/mol. The third-order valence-corrected chi connectivity index (χ3v) is 5.25. The number of aryl methyl sites for hydroxylation is 3. The predicted molar refractivity (Wildman–Crippen MR) is 94.8 cm³/mol. The number of benzene rings is 2. The summed E-state index contributed by atoms with van der Waals surface area (Å²) >= 11 is 5.97. The average Bonchev–Trinajstić information content (AvgIpc) is 2.50. The Morgan fingerprint density at radius 1 is 1.09 bits per heavy atom. The highest BCUT2D eigenvalue weighted by molar-refractivity contribution is 6.30. The Morgan fingerprint density at radius 2 is 1.77 bits per heavy atom. The Balaban J connectivity index is 1.81. The smallest absolute Gasteiger partial charge is 0.0406 e. The van der Waals surface area contributed by atoms with E-state index in [2.05, 4.69) is 50.1 Å². The maximum absolute atomic E-state index is 5.97. The fraction of sp³-hybridized carbons (Fsp3) is 0.400. The first-order valence-corrected chi connectivity index (χ1v) is 8.47. The van der Waals surface area contributed by atoms with Gasteiger partial charge in [-0.05, 0) is 80.1 Å². The maximum atomic E-state index is 5.97. The minimum absolute atomic E-state index is 0.527. The van der Waals surface area contributed by atoms with Crippen molar-refractivity contribution in [1.29, 1.82) is 0 Å². The molecule has 2 aromatic rings. The monoisotopic (exact) mass is 313 g/mol. The molecule has 0 fully saturated rings. The molecule has 0 aliphatic carbocycles. The molecule has 0 spiro atoms. The van der Waals surface area contributed by atoms with Crippen molar-refractivity contribution in [2.24, 2.45) is 0 Å². The van der Waals surface area contributed by atoms with Crippen LogP contribution in [-0.4, -0.2) is 18.5 Å². The van der Waals surface area contributed by atoms with Crippen molar-refractivity contribution in [3.8, 4) is 0 Å². The van der Waals surface area contributed by atoms with E-state index in [1.165, 1.54) is 28.7 Å². The van der Waals surface area contributed by atoms with Crippen LogP contribution in [0.4, 0.5) is 0 Å². The molecule has 1 atom stereocenters. The molecule has 2 aromatic carbocycles. The number of likely N-dealkylation sites (N-methyl/N-ethyl adjacent to an activating group) is 1. The van der Waals surface area contributed by atoms with Crippen LogP contribution in [0.3, 0.4) is 0 Å². The number of hydrogen-bond acceptors (Lipinski definition) is 1. The van der Waals surface area contributed by atoms with Crippen molar-refractivity contribution < 1.29 is 0 Å². The van der Waals surface area contributed by atoms with E-state index >= 15 is 0 Å². The van der Waals surface area contributed by atoms with Gasteiger partial charge in [-0.3, -0.25) is 4.90 Å². The second-order valence-corrected chi connectivity index (χ2v) is 6.98. The summed E-state index contributed by atoms with van der Waals surface area (Å²) in [5.74, 6) is 0. The van der Waals surface area contributed by atoms with Crippen molar-refractivity contribution in [2.75, 3.05) is 13.6 Å². The summed E-state index contributed by atoms with van der Waals surface area (Å²) in [6, 6.07) is 13.6. The van der Waals surface area contributed by atoms with Crippen LogP contribution in [0, 0.1) is 13.8 Å². The summed E-state index contributed by atoms with van der Waals surface area (Å²) in [4.78, 5) is 2.51. The van der Waals surface area contributed by atoms with Gasteiger partial charge in [0.2, 0.25) is 0 Å². The molecule has 0 amide bonds. The molecule has 22 heavy (non-hydrogen) atoms. The average molecular weight is 314 g/mol. The molecule has 0 saturated carbocycles. The van der Waals surface area contributed by atoms with Gasteiger partial charge in [0.05, 0.1) is 0 Å². The minimum Gasteiger partial charge on any atom is -0.299 e. The first-order valence-electron chi connectivity index (χ1n) is 8.09. The molecule has 2 heteroatoms. The van der Waals surface area contributed by atoms with E-state index < -0.39 is 0 Å². The van der Waals surface area contributed by atoms with Gasteiger partial charge in [0, 0.05) is 17.6 Å². The van der Waals surface area contributed by atoms with Crippen LogP contribution in [0.1, 0.15) is 40.3 Å². The first-order chi connectivity index (χ1) is 10.5. The van der Waals surface area contributed by atoms with E-state index in [1.54, 1.807) is 5.56 Å². The maximum Gasteiger partial charge on any atom is 0.0406 e. The quantitative estimate of drug-likeness (QED) is 0.760. The van der Waals surface area contributed by atoms with Crippen molar-refractivity contribution in [1.82, 2.24) is 4.90 Å². The lowest BCUT2D eigenvalue weighted by Crippen LogP contribution is -2.32. The van der Waals surface area contributed by atoms with E-state index in [-0.39, 0.29) is 0 Å². The van der Waals surface area contributed by atoms with E-state index in [1.807, 2.05) is 12.1 Å². The Kier molecular flexibility index (Phi) is 4.56. The fourth-order valence-corrected chi connectivity index (χ4v) is 3.57. The van der Waals surface area contributed by atoms with Crippen LogP contribution in [0.5, 0.6) is 0 Å². The molecule has 0 saturated heterocycles. The zero-order valence-electron chi connectivity index (χ0n) is 13.7. The van der Waals surface area contributed by atoms with Crippen LogP contribution in [0.15, 0.2) is 36.4 Å². The van der Waals surface area contributed by atoms with Crippen molar-refractivity contribution >= 4 is 11.6 Å². The van der Waals surface area contributed by atoms with Gasteiger partial charge in [0.1, 0.15) is 0 Å². The first kappa shape index (κ1) is 15.6. The lowest BCUT2D eigenvalue weighted by molar-refractivity contribution is 0.219. The summed E-state index contributed by atoms with van der Waals surface area (Å²) < 4.78 is 0. The normalized spacial score (nSPS) is 18.3. The molecule has 0 radical (unpaired) electrons. The van der Waals surface area contributed by atoms with E-state index in [4.69, 9.17) is 11.6 Å². The van der Waals surface area contributed by atoms with Crippen molar-refractivity contribution in [3.63, 3.8) is 0 Å². The largest absolute Gasteiger partial charge is 0.299 e. The SMILES string of the molecule is Cc1cc2c(cc1C)C(CCc1ccc(Cl)cc1)N(C)CC2. The topological polar surface area (TPSA) is 3.24 Å². The standard InChI is InChI=1S/C20H24ClN/c1-14-12-17-10-11-22(3)20(19(17)13-15(14)2)9-6-16-4-7-18(21)8-5-16/h4-5,7-8,12-13,20H,6,9-11H2,1-3H3. The lowest BCUT2D eigenvalue weighted by Gasteiger charge is -2.35. The van der Waals surface area contributed by atoms with Gasteiger partial charge in [0.15, 0.2) is 0 Å².